The highest BCUT2D eigenvalue weighted by atomic mass is 35.5. The fourth-order valence-electron chi connectivity index (χ4n) is 4.03. The van der Waals surface area contributed by atoms with Crippen molar-refractivity contribution < 1.29 is 4.79 Å². The Bertz CT molecular complexity index is 1070. The van der Waals surface area contributed by atoms with E-state index in [1.54, 1.807) is 4.68 Å². The summed E-state index contributed by atoms with van der Waals surface area (Å²) in [5, 5.41) is 11.8. The first-order valence-corrected chi connectivity index (χ1v) is 11.3. The van der Waals surface area contributed by atoms with Gasteiger partial charge in [0.1, 0.15) is 0 Å². The Morgan fingerprint density at radius 3 is 2.58 bits per heavy atom. The molecule has 0 bridgehead atoms. The number of halogens is 3. The smallest absolute Gasteiger partial charge is 0.254 e. The number of piperidine rings is 1. The van der Waals surface area contributed by atoms with Crippen LogP contribution in [0.3, 0.4) is 0 Å². The maximum Gasteiger partial charge on any atom is 0.254 e. The van der Waals surface area contributed by atoms with Crippen molar-refractivity contribution in [2.75, 3.05) is 6.54 Å². The van der Waals surface area contributed by atoms with Crippen molar-refractivity contribution in [3.05, 3.63) is 75.0 Å². The second-order valence-electron chi connectivity index (χ2n) is 7.78. The minimum absolute atomic E-state index is 0.103. The molecule has 2 aromatic carbocycles. The summed E-state index contributed by atoms with van der Waals surface area (Å²) in [5.74, 6) is -0.323. The number of amides is 1. The molecule has 1 aliphatic rings. The lowest BCUT2D eigenvalue weighted by Gasteiger charge is -2.32. The van der Waals surface area contributed by atoms with Gasteiger partial charge < -0.3 is 10.6 Å². The number of nitrogens with one attached hydrogen (secondary N) is 2. The third-order valence-corrected chi connectivity index (χ3v) is 6.37. The molecule has 0 aliphatic carbocycles. The average molecular weight is 478 g/mol. The van der Waals surface area contributed by atoms with Crippen LogP contribution in [0.5, 0.6) is 0 Å². The number of hydrogen-bond acceptors (Lipinski definition) is 3. The monoisotopic (exact) mass is 476 g/mol. The fourth-order valence-corrected chi connectivity index (χ4v) is 5.02. The summed E-state index contributed by atoms with van der Waals surface area (Å²) in [6, 6.07) is 11.1. The van der Waals surface area contributed by atoms with Gasteiger partial charge in [0.25, 0.3) is 5.91 Å². The molecule has 31 heavy (non-hydrogen) atoms. The van der Waals surface area contributed by atoms with Crippen LogP contribution < -0.4 is 10.6 Å². The third-order valence-electron chi connectivity index (χ3n) is 5.56. The molecule has 2 heterocycles. The average Bonchev–Trinajstić information content (AvgIpc) is 3.18. The molecule has 1 fully saturated rings. The number of aryl methyl sites for hydroxylation is 1. The summed E-state index contributed by atoms with van der Waals surface area (Å²) in [5.41, 5.74) is 3.31. The van der Waals surface area contributed by atoms with Gasteiger partial charge in [-0.1, -0.05) is 59.4 Å². The van der Waals surface area contributed by atoms with Crippen molar-refractivity contribution in [3.8, 4) is 11.1 Å². The SMILES string of the molecule is Cn1cc(-c2cccc([C@H](NC(=O)c3c(Cl)cc(Cl)cc3Cl)[C@@H]3CCCCN3)c2)cn1. The molecule has 3 aromatic rings. The highest BCUT2D eigenvalue weighted by Crippen LogP contribution is 2.31. The van der Waals surface area contributed by atoms with Gasteiger partial charge in [-0.25, -0.2) is 0 Å². The van der Waals surface area contributed by atoms with Crippen LogP contribution in [0.2, 0.25) is 15.1 Å². The van der Waals surface area contributed by atoms with Gasteiger partial charge in [0, 0.05) is 29.9 Å². The molecule has 0 unspecified atom stereocenters. The molecule has 1 saturated heterocycles. The fraction of sp³-hybridized carbons (Fsp3) is 0.304. The minimum Gasteiger partial charge on any atom is -0.344 e. The van der Waals surface area contributed by atoms with Crippen LogP contribution in [0.15, 0.2) is 48.8 Å². The first kappa shape index (κ1) is 22.2. The highest BCUT2D eigenvalue weighted by molar-refractivity contribution is 6.42. The molecular weight excluding hydrogens is 455 g/mol. The number of nitrogens with zero attached hydrogens (tertiary/aromatic N) is 2. The van der Waals surface area contributed by atoms with E-state index in [1.165, 1.54) is 12.1 Å². The predicted octanol–water partition coefficient (Wildman–Crippen LogP) is 5.66. The van der Waals surface area contributed by atoms with Crippen molar-refractivity contribution in [2.45, 2.75) is 31.3 Å². The van der Waals surface area contributed by atoms with E-state index < -0.39 is 0 Å². The van der Waals surface area contributed by atoms with Crippen molar-refractivity contribution in [2.24, 2.45) is 7.05 Å². The Morgan fingerprint density at radius 1 is 1.16 bits per heavy atom. The van der Waals surface area contributed by atoms with Gasteiger partial charge in [0.2, 0.25) is 0 Å². The quantitative estimate of drug-likeness (QED) is 0.498. The molecule has 1 aromatic heterocycles. The second-order valence-corrected chi connectivity index (χ2v) is 9.03. The Kier molecular flexibility index (Phi) is 6.87. The van der Waals surface area contributed by atoms with Crippen LogP contribution in [0.25, 0.3) is 11.1 Å². The van der Waals surface area contributed by atoms with Gasteiger partial charge in [-0.15, -0.1) is 0 Å². The first-order valence-electron chi connectivity index (χ1n) is 10.2. The van der Waals surface area contributed by atoms with Crippen molar-refractivity contribution in [1.82, 2.24) is 20.4 Å². The maximum atomic E-state index is 13.2. The lowest BCUT2D eigenvalue weighted by atomic mass is 9.91. The van der Waals surface area contributed by atoms with Crippen molar-refractivity contribution in [1.29, 1.82) is 0 Å². The maximum absolute atomic E-state index is 13.2. The summed E-state index contributed by atoms with van der Waals surface area (Å²) in [6.07, 6.45) is 7.00. The zero-order valence-corrected chi connectivity index (χ0v) is 19.3. The normalized spacial score (nSPS) is 17.4. The van der Waals surface area contributed by atoms with Crippen LogP contribution in [-0.4, -0.2) is 28.3 Å². The zero-order chi connectivity index (χ0) is 22.0. The first-order chi connectivity index (χ1) is 14.9. The number of rotatable bonds is 5. The summed E-state index contributed by atoms with van der Waals surface area (Å²) in [6.45, 7) is 0.918. The van der Waals surface area contributed by atoms with E-state index >= 15 is 0 Å². The van der Waals surface area contributed by atoms with Crippen LogP contribution in [0.4, 0.5) is 0 Å². The van der Waals surface area contributed by atoms with Gasteiger partial charge >= 0.3 is 0 Å². The Morgan fingerprint density at radius 2 is 1.94 bits per heavy atom. The predicted molar refractivity (Wildman–Crippen MR) is 126 cm³/mol. The third kappa shape index (κ3) is 5.07. The molecule has 4 rings (SSSR count). The number of carbonyl (C=O) groups is 1. The standard InChI is InChI=1S/C23H23Cl3N4O/c1-30-13-16(12-28-30)14-5-4-6-15(9-14)22(20-7-2-3-8-27-20)29-23(31)21-18(25)10-17(24)11-19(21)26/h4-6,9-13,20,22,27H,2-3,7-8H2,1H3,(H,29,31)/t20-,22-/m0/s1. The summed E-state index contributed by atoms with van der Waals surface area (Å²) in [7, 11) is 1.89. The molecule has 0 saturated carbocycles. The largest absolute Gasteiger partial charge is 0.344 e. The van der Waals surface area contributed by atoms with E-state index in [-0.39, 0.29) is 33.6 Å². The van der Waals surface area contributed by atoms with Crippen molar-refractivity contribution in [3.63, 3.8) is 0 Å². The van der Waals surface area contributed by atoms with Gasteiger partial charge in [-0.3, -0.25) is 9.48 Å². The minimum atomic E-state index is -0.323. The molecule has 162 valence electrons. The molecule has 0 spiro atoms. The molecule has 1 amide bonds. The lowest BCUT2D eigenvalue weighted by Crippen LogP contribution is -2.46. The summed E-state index contributed by atoms with van der Waals surface area (Å²) < 4.78 is 1.77. The van der Waals surface area contributed by atoms with Gasteiger partial charge in [0.05, 0.1) is 27.8 Å². The van der Waals surface area contributed by atoms with Crippen LogP contribution in [0.1, 0.15) is 41.2 Å². The Balaban J connectivity index is 1.68. The Hall–Kier alpha value is -2.05. The molecule has 8 heteroatoms. The lowest BCUT2D eigenvalue weighted by molar-refractivity contribution is 0.0923. The van der Waals surface area contributed by atoms with E-state index in [0.717, 1.165) is 42.5 Å². The van der Waals surface area contributed by atoms with Crippen LogP contribution >= 0.6 is 34.8 Å². The Labute approximate surface area is 196 Å². The van der Waals surface area contributed by atoms with Gasteiger partial charge in [-0.05, 0) is 48.7 Å². The molecular formula is C23H23Cl3N4O. The van der Waals surface area contributed by atoms with E-state index in [4.69, 9.17) is 34.8 Å². The van der Waals surface area contributed by atoms with E-state index in [0.29, 0.717) is 5.02 Å². The number of carbonyl (C=O) groups excluding carboxylic acids is 1. The highest BCUT2D eigenvalue weighted by Gasteiger charge is 2.28. The second kappa shape index (κ2) is 9.61. The van der Waals surface area contributed by atoms with Gasteiger partial charge in [0.15, 0.2) is 0 Å². The molecule has 2 N–H and O–H groups in total. The summed E-state index contributed by atoms with van der Waals surface area (Å²) >= 11 is 18.6. The van der Waals surface area contributed by atoms with E-state index in [9.17, 15) is 4.79 Å². The van der Waals surface area contributed by atoms with E-state index in [1.807, 2.05) is 37.6 Å². The number of hydrogen-bond donors (Lipinski definition) is 2. The molecule has 5 nitrogen and oxygen atoms in total. The summed E-state index contributed by atoms with van der Waals surface area (Å²) in [4.78, 5) is 13.2. The molecule has 0 radical (unpaired) electrons. The number of aromatic nitrogens is 2. The molecule has 1 aliphatic heterocycles. The van der Waals surface area contributed by atoms with Crippen LogP contribution in [0, 0.1) is 0 Å². The van der Waals surface area contributed by atoms with Gasteiger partial charge in [-0.2, -0.15) is 5.10 Å². The van der Waals surface area contributed by atoms with Crippen molar-refractivity contribution >= 4 is 40.7 Å². The topological polar surface area (TPSA) is 59.0 Å². The van der Waals surface area contributed by atoms with E-state index in [2.05, 4.69) is 21.8 Å². The molecule has 2 atom stereocenters. The van der Waals surface area contributed by atoms with Crippen LogP contribution in [-0.2, 0) is 7.05 Å². The zero-order valence-electron chi connectivity index (χ0n) is 17.0. The number of benzene rings is 2.